The summed E-state index contributed by atoms with van der Waals surface area (Å²) >= 11 is -0.124. The SMILES string of the molecule is Cc1cccc(-c2nn(SF)cc2B(O)O)n1. The van der Waals surface area contributed by atoms with Crippen molar-refractivity contribution in [2.24, 2.45) is 0 Å². The summed E-state index contributed by atoms with van der Waals surface area (Å²) in [7, 11) is -1.71. The van der Waals surface area contributed by atoms with Gasteiger partial charge in [0, 0.05) is 17.4 Å². The number of hydrogen-bond donors (Lipinski definition) is 2. The van der Waals surface area contributed by atoms with Gasteiger partial charge in [-0.3, -0.25) is 4.98 Å². The maximum Gasteiger partial charge on any atom is 0.492 e. The molecule has 0 aliphatic carbocycles. The zero-order chi connectivity index (χ0) is 12.4. The van der Waals surface area contributed by atoms with E-state index in [0.717, 1.165) is 9.78 Å². The van der Waals surface area contributed by atoms with E-state index in [2.05, 4.69) is 10.1 Å². The third-order valence-corrected chi connectivity index (χ3v) is 2.53. The molecule has 0 aliphatic rings. The Morgan fingerprint density at radius 2 is 2.18 bits per heavy atom. The molecule has 0 atom stereocenters. The van der Waals surface area contributed by atoms with Gasteiger partial charge < -0.3 is 10.0 Å². The molecule has 2 heterocycles. The summed E-state index contributed by atoms with van der Waals surface area (Å²) in [6.07, 6.45) is 1.22. The molecule has 0 spiro atoms. The van der Waals surface area contributed by atoms with Crippen LogP contribution in [-0.4, -0.2) is 31.3 Å². The van der Waals surface area contributed by atoms with Gasteiger partial charge in [0.1, 0.15) is 5.69 Å². The van der Waals surface area contributed by atoms with Gasteiger partial charge in [-0.05, 0) is 19.1 Å². The van der Waals surface area contributed by atoms with Crippen molar-refractivity contribution in [1.82, 2.24) is 14.2 Å². The minimum atomic E-state index is -1.71. The number of pyridine rings is 1. The van der Waals surface area contributed by atoms with Crippen LogP contribution in [0.3, 0.4) is 0 Å². The van der Waals surface area contributed by atoms with E-state index in [1.165, 1.54) is 6.20 Å². The van der Waals surface area contributed by atoms with Gasteiger partial charge in [0.2, 0.25) is 0 Å². The lowest BCUT2D eigenvalue weighted by molar-refractivity contribution is 0.426. The monoisotopic (exact) mass is 253 g/mol. The maximum absolute atomic E-state index is 12.4. The zero-order valence-electron chi connectivity index (χ0n) is 8.91. The molecule has 0 amide bonds. The number of nitrogens with zero attached hydrogens (tertiary/aromatic N) is 3. The van der Waals surface area contributed by atoms with E-state index in [-0.39, 0.29) is 23.5 Å². The number of aryl methyl sites for hydroxylation is 1. The van der Waals surface area contributed by atoms with Crippen molar-refractivity contribution < 1.29 is 13.9 Å². The quantitative estimate of drug-likeness (QED) is 0.770. The molecule has 2 N–H and O–H groups in total. The van der Waals surface area contributed by atoms with Crippen LogP contribution >= 0.6 is 12.3 Å². The third kappa shape index (κ3) is 2.49. The molecule has 0 aliphatic heterocycles. The fourth-order valence-corrected chi connectivity index (χ4v) is 1.73. The lowest BCUT2D eigenvalue weighted by atomic mass is 9.80. The summed E-state index contributed by atoms with van der Waals surface area (Å²) < 4.78 is 13.3. The van der Waals surface area contributed by atoms with E-state index in [4.69, 9.17) is 0 Å². The van der Waals surface area contributed by atoms with Crippen molar-refractivity contribution in [3.05, 3.63) is 30.1 Å². The molecular formula is C9H9BFN3O2S. The fourth-order valence-electron chi connectivity index (χ4n) is 1.46. The smallest absolute Gasteiger partial charge is 0.423 e. The Hall–Kier alpha value is -1.38. The van der Waals surface area contributed by atoms with Gasteiger partial charge >= 0.3 is 7.12 Å². The zero-order valence-corrected chi connectivity index (χ0v) is 9.73. The summed E-state index contributed by atoms with van der Waals surface area (Å²) in [5.74, 6) is 0. The topological polar surface area (TPSA) is 71.2 Å². The van der Waals surface area contributed by atoms with E-state index in [1.54, 1.807) is 25.1 Å². The molecule has 0 radical (unpaired) electrons. The van der Waals surface area contributed by atoms with Crippen LogP contribution in [0.1, 0.15) is 5.69 Å². The Balaban J connectivity index is 2.53. The minimum absolute atomic E-state index is 0.119. The Morgan fingerprint density at radius 1 is 1.41 bits per heavy atom. The standard InChI is InChI=1S/C9H9BFN3O2S/c1-6-3-2-4-8(12-6)9-7(10(15)16)5-14(13-9)17-11/h2-5,15-16H,1H3. The first kappa shape index (κ1) is 12.1. The highest BCUT2D eigenvalue weighted by molar-refractivity contribution is 7.92. The number of aromatic nitrogens is 3. The minimum Gasteiger partial charge on any atom is -0.423 e. The second-order valence-electron chi connectivity index (χ2n) is 3.44. The summed E-state index contributed by atoms with van der Waals surface area (Å²) in [5, 5.41) is 22.3. The van der Waals surface area contributed by atoms with Crippen LogP contribution < -0.4 is 5.46 Å². The summed E-state index contributed by atoms with van der Waals surface area (Å²) in [6, 6.07) is 5.25. The summed E-state index contributed by atoms with van der Waals surface area (Å²) in [4.78, 5) is 4.20. The summed E-state index contributed by atoms with van der Waals surface area (Å²) in [6.45, 7) is 1.81. The van der Waals surface area contributed by atoms with Gasteiger partial charge in [0.15, 0.2) is 12.3 Å². The van der Waals surface area contributed by atoms with Crippen molar-refractivity contribution >= 4 is 24.9 Å². The molecule has 0 aromatic carbocycles. The highest BCUT2D eigenvalue weighted by Crippen LogP contribution is 2.16. The Labute approximate surface area is 102 Å². The largest absolute Gasteiger partial charge is 0.492 e. The van der Waals surface area contributed by atoms with E-state index in [1.807, 2.05) is 0 Å². The highest BCUT2D eigenvalue weighted by atomic mass is 32.2. The first-order valence-electron chi connectivity index (χ1n) is 4.80. The Kier molecular flexibility index (Phi) is 3.46. The average Bonchev–Trinajstić information content (AvgIpc) is 2.73. The van der Waals surface area contributed by atoms with Crippen molar-refractivity contribution in [2.45, 2.75) is 6.92 Å². The Morgan fingerprint density at radius 3 is 2.76 bits per heavy atom. The second kappa shape index (κ2) is 4.86. The molecule has 8 heteroatoms. The van der Waals surface area contributed by atoms with Gasteiger partial charge in [0.25, 0.3) is 0 Å². The van der Waals surface area contributed by atoms with Crippen LogP contribution in [0, 0.1) is 6.92 Å². The van der Waals surface area contributed by atoms with Gasteiger partial charge in [-0.2, -0.15) is 9.19 Å². The van der Waals surface area contributed by atoms with E-state index < -0.39 is 7.12 Å². The van der Waals surface area contributed by atoms with Gasteiger partial charge in [-0.15, -0.1) is 3.89 Å². The molecular weight excluding hydrogens is 244 g/mol. The van der Waals surface area contributed by atoms with Crippen molar-refractivity contribution in [1.29, 1.82) is 0 Å². The first-order valence-corrected chi connectivity index (χ1v) is 5.48. The molecule has 88 valence electrons. The normalized spacial score (nSPS) is 10.6. The molecule has 0 saturated heterocycles. The molecule has 0 bridgehead atoms. The summed E-state index contributed by atoms with van der Waals surface area (Å²) in [5.41, 5.74) is 1.62. The average molecular weight is 253 g/mol. The molecule has 0 saturated carbocycles. The molecule has 2 aromatic rings. The van der Waals surface area contributed by atoms with Gasteiger partial charge in [0.05, 0.1) is 5.69 Å². The van der Waals surface area contributed by atoms with Crippen LogP contribution in [-0.2, 0) is 0 Å². The fraction of sp³-hybridized carbons (Fsp3) is 0.111. The van der Waals surface area contributed by atoms with Crippen molar-refractivity contribution in [3.8, 4) is 11.4 Å². The maximum atomic E-state index is 12.4. The van der Waals surface area contributed by atoms with Crippen LogP contribution in [0.25, 0.3) is 11.4 Å². The molecule has 17 heavy (non-hydrogen) atoms. The van der Waals surface area contributed by atoms with E-state index >= 15 is 0 Å². The lowest BCUT2D eigenvalue weighted by Gasteiger charge is -2.01. The highest BCUT2D eigenvalue weighted by Gasteiger charge is 2.22. The molecule has 2 aromatic heterocycles. The van der Waals surface area contributed by atoms with Crippen LogP contribution in [0.2, 0.25) is 0 Å². The number of halogens is 1. The Bertz CT molecular complexity index is 535. The number of rotatable bonds is 3. The predicted octanol–water partition coefficient (Wildman–Crippen LogP) is 0.314. The van der Waals surface area contributed by atoms with Gasteiger partial charge in [-0.1, -0.05) is 6.07 Å². The lowest BCUT2D eigenvalue weighted by Crippen LogP contribution is -2.30. The first-order chi connectivity index (χ1) is 8.11. The van der Waals surface area contributed by atoms with Crippen molar-refractivity contribution in [3.63, 3.8) is 0 Å². The van der Waals surface area contributed by atoms with Crippen LogP contribution in [0.5, 0.6) is 0 Å². The molecule has 5 nitrogen and oxygen atoms in total. The van der Waals surface area contributed by atoms with E-state index in [9.17, 15) is 13.9 Å². The van der Waals surface area contributed by atoms with Gasteiger partial charge in [-0.25, -0.2) is 0 Å². The third-order valence-electron chi connectivity index (χ3n) is 2.20. The number of hydrogen-bond acceptors (Lipinski definition) is 5. The second-order valence-corrected chi connectivity index (χ2v) is 3.95. The van der Waals surface area contributed by atoms with Crippen LogP contribution in [0.15, 0.2) is 24.4 Å². The molecule has 0 fully saturated rings. The van der Waals surface area contributed by atoms with E-state index in [0.29, 0.717) is 5.69 Å². The van der Waals surface area contributed by atoms with Crippen LogP contribution in [0.4, 0.5) is 3.89 Å². The predicted molar refractivity (Wildman–Crippen MR) is 64.1 cm³/mol. The molecule has 0 unspecified atom stereocenters. The molecule has 2 rings (SSSR count). The van der Waals surface area contributed by atoms with Crippen molar-refractivity contribution in [2.75, 3.05) is 0 Å².